The highest BCUT2D eigenvalue weighted by Crippen LogP contribution is 2.29. The zero-order valence-corrected chi connectivity index (χ0v) is 10.4. The van der Waals surface area contributed by atoms with Crippen molar-refractivity contribution in [1.29, 1.82) is 0 Å². The van der Waals surface area contributed by atoms with Crippen molar-refractivity contribution < 1.29 is 8.78 Å². The van der Waals surface area contributed by atoms with Gasteiger partial charge < -0.3 is 5.73 Å². The summed E-state index contributed by atoms with van der Waals surface area (Å²) in [5.74, 6) is -0.904. The van der Waals surface area contributed by atoms with E-state index in [0.29, 0.717) is 5.69 Å². The van der Waals surface area contributed by atoms with Crippen LogP contribution in [0, 0.1) is 11.6 Å². The molecule has 6 heteroatoms. The fourth-order valence-electron chi connectivity index (χ4n) is 1.81. The van der Waals surface area contributed by atoms with Crippen molar-refractivity contribution in [2.75, 3.05) is 5.73 Å². The molecule has 0 fully saturated rings. The Morgan fingerprint density at radius 1 is 1.22 bits per heavy atom. The molecule has 0 saturated carbocycles. The fourth-order valence-corrected chi connectivity index (χ4v) is 1.81. The molecule has 0 unspecified atom stereocenters. The number of hydrogen-bond acceptors (Lipinski definition) is 3. The van der Waals surface area contributed by atoms with Crippen molar-refractivity contribution in [3.63, 3.8) is 0 Å². The summed E-state index contributed by atoms with van der Waals surface area (Å²) in [6.07, 6.45) is 0. The molecule has 1 heterocycles. The zero-order valence-electron chi connectivity index (χ0n) is 10.4. The third-order valence-corrected chi connectivity index (χ3v) is 2.54. The van der Waals surface area contributed by atoms with E-state index < -0.39 is 11.6 Å². The first-order valence-electron chi connectivity index (χ1n) is 5.48. The Morgan fingerprint density at radius 2 is 1.89 bits per heavy atom. The van der Waals surface area contributed by atoms with Gasteiger partial charge in [0.25, 0.3) is 0 Å². The minimum atomic E-state index is -0.577. The molecule has 1 aromatic carbocycles. The minimum Gasteiger partial charge on any atom is -0.381 e. The van der Waals surface area contributed by atoms with E-state index in [9.17, 15) is 8.78 Å². The summed E-state index contributed by atoms with van der Waals surface area (Å²) >= 11 is 0. The van der Waals surface area contributed by atoms with Gasteiger partial charge in [0.2, 0.25) is 0 Å². The molecule has 0 saturated heterocycles. The number of nitrogens with zero attached hydrogens (tertiary/aromatic N) is 3. The lowest BCUT2D eigenvalue weighted by atomic mass is 9.91. The van der Waals surface area contributed by atoms with Crippen LogP contribution < -0.4 is 5.73 Å². The Bertz CT molecular complexity index is 584. The van der Waals surface area contributed by atoms with Crippen LogP contribution in [0.25, 0.3) is 5.69 Å². The van der Waals surface area contributed by atoms with Crippen LogP contribution in [0.2, 0.25) is 0 Å². The van der Waals surface area contributed by atoms with Crippen molar-refractivity contribution >= 4 is 5.82 Å². The van der Waals surface area contributed by atoms with Crippen LogP contribution in [-0.4, -0.2) is 15.0 Å². The summed E-state index contributed by atoms with van der Waals surface area (Å²) in [6.45, 7) is 5.70. The Balaban J connectivity index is 2.69. The SMILES string of the molecule is CC(C)(C)c1c(N)nnn1-c1cc(F)ccc1F. The van der Waals surface area contributed by atoms with Crippen molar-refractivity contribution in [2.45, 2.75) is 26.2 Å². The van der Waals surface area contributed by atoms with Crippen LogP contribution in [0.1, 0.15) is 26.5 Å². The molecule has 0 bridgehead atoms. The highest BCUT2D eigenvalue weighted by Gasteiger charge is 2.26. The molecule has 0 amide bonds. The Morgan fingerprint density at radius 3 is 2.50 bits per heavy atom. The van der Waals surface area contributed by atoms with Gasteiger partial charge in [-0.1, -0.05) is 26.0 Å². The lowest BCUT2D eigenvalue weighted by Gasteiger charge is -2.20. The maximum atomic E-state index is 13.7. The predicted octanol–water partition coefficient (Wildman–Crippen LogP) is 2.43. The van der Waals surface area contributed by atoms with Gasteiger partial charge in [0.1, 0.15) is 17.3 Å². The summed E-state index contributed by atoms with van der Waals surface area (Å²) in [5, 5.41) is 7.52. The molecule has 0 aliphatic heterocycles. The number of benzene rings is 1. The topological polar surface area (TPSA) is 56.7 Å². The number of nitrogens with two attached hydrogens (primary N) is 1. The molecule has 4 nitrogen and oxygen atoms in total. The van der Waals surface area contributed by atoms with E-state index in [-0.39, 0.29) is 16.9 Å². The van der Waals surface area contributed by atoms with Crippen molar-refractivity contribution in [3.8, 4) is 5.69 Å². The Hall–Kier alpha value is -1.98. The summed E-state index contributed by atoms with van der Waals surface area (Å²) in [4.78, 5) is 0. The molecule has 2 rings (SSSR count). The Labute approximate surface area is 103 Å². The first-order valence-corrected chi connectivity index (χ1v) is 5.48. The number of hydrogen-bond donors (Lipinski definition) is 1. The summed E-state index contributed by atoms with van der Waals surface area (Å²) in [7, 11) is 0. The summed E-state index contributed by atoms with van der Waals surface area (Å²) in [5.41, 5.74) is 5.91. The number of anilines is 1. The van der Waals surface area contributed by atoms with Crippen LogP contribution in [0.15, 0.2) is 18.2 Å². The van der Waals surface area contributed by atoms with E-state index in [1.54, 1.807) is 0 Å². The highest BCUT2D eigenvalue weighted by atomic mass is 19.1. The van der Waals surface area contributed by atoms with E-state index >= 15 is 0 Å². The van der Waals surface area contributed by atoms with Gasteiger partial charge in [0.05, 0.1) is 5.69 Å². The normalized spacial score (nSPS) is 11.8. The van der Waals surface area contributed by atoms with Gasteiger partial charge in [0.15, 0.2) is 5.82 Å². The number of nitrogen functional groups attached to an aromatic ring is 1. The van der Waals surface area contributed by atoms with Crippen LogP contribution in [-0.2, 0) is 5.41 Å². The van der Waals surface area contributed by atoms with Crippen molar-refractivity contribution in [2.24, 2.45) is 0 Å². The monoisotopic (exact) mass is 252 g/mol. The summed E-state index contributed by atoms with van der Waals surface area (Å²) < 4.78 is 28.2. The van der Waals surface area contributed by atoms with Crippen LogP contribution in [0.5, 0.6) is 0 Å². The number of rotatable bonds is 1. The molecule has 18 heavy (non-hydrogen) atoms. The predicted molar refractivity (Wildman–Crippen MR) is 64.4 cm³/mol. The van der Waals surface area contributed by atoms with Crippen LogP contribution in [0.4, 0.5) is 14.6 Å². The summed E-state index contributed by atoms with van der Waals surface area (Å²) in [6, 6.07) is 3.17. The lowest BCUT2D eigenvalue weighted by Crippen LogP contribution is -2.19. The second kappa shape index (κ2) is 4.04. The second-order valence-electron chi connectivity index (χ2n) is 5.08. The maximum absolute atomic E-state index is 13.7. The van der Waals surface area contributed by atoms with Gasteiger partial charge in [-0.3, -0.25) is 0 Å². The standard InChI is InChI=1S/C12H14F2N4/c1-12(2,3)10-11(15)16-17-18(10)9-6-7(13)4-5-8(9)14/h4-6H,15H2,1-3H3. The third-order valence-electron chi connectivity index (χ3n) is 2.54. The van der Waals surface area contributed by atoms with Gasteiger partial charge in [-0.25, -0.2) is 13.5 Å². The lowest BCUT2D eigenvalue weighted by molar-refractivity contribution is 0.528. The first-order chi connectivity index (χ1) is 8.30. The average Bonchev–Trinajstić information content (AvgIpc) is 2.63. The third kappa shape index (κ3) is 2.05. The van der Waals surface area contributed by atoms with E-state index in [4.69, 9.17) is 5.73 Å². The number of aromatic nitrogens is 3. The second-order valence-corrected chi connectivity index (χ2v) is 5.08. The smallest absolute Gasteiger partial charge is 0.170 e. The molecule has 2 aromatic rings. The van der Waals surface area contributed by atoms with Crippen molar-refractivity contribution in [3.05, 3.63) is 35.5 Å². The fraction of sp³-hybridized carbons (Fsp3) is 0.333. The molecular formula is C12H14F2N4. The molecule has 96 valence electrons. The van der Waals surface area contributed by atoms with E-state index in [2.05, 4.69) is 10.3 Å². The molecule has 0 radical (unpaired) electrons. The highest BCUT2D eigenvalue weighted by molar-refractivity contribution is 5.44. The molecule has 1 aromatic heterocycles. The van der Waals surface area contributed by atoms with Gasteiger partial charge >= 0.3 is 0 Å². The minimum absolute atomic E-state index is 0.00382. The molecule has 0 atom stereocenters. The van der Waals surface area contributed by atoms with Crippen molar-refractivity contribution in [1.82, 2.24) is 15.0 Å². The zero-order chi connectivity index (χ0) is 13.5. The van der Waals surface area contributed by atoms with Crippen LogP contribution >= 0.6 is 0 Å². The molecule has 0 spiro atoms. The molecule has 2 N–H and O–H groups in total. The Kier molecular flexibility index (Phi) is 2.80. The van der Waals surface area contributed by atoms with Gasteiger partial charge in [-0.05, 0) is 12.1 Å². The van der Waals surface area contributed by atoms with Gasteiger partial charge in [-0.2, -0.15) is 0 Å². The average molecular weight is 252 g/mol. The van der Waals surface area contributed by atoms with E-state index in [0.717, 1.165) is 18.2 Å². The quantitative estimate of drug-likeness (QED) is 0.848. The molecule has 0 aliphatic rings. The molecule has 0 aliphatic carbocycles. The molecular weight excluding hydrogens is 238 g/mol. The van der Waals surface area contributed by atoms with E-state index in [1.165, 1.54) is 4.68 Å². The largest absolute Gasteiger partial charge is 0.381 e. The first kappa shape index (κ1) is 12.5. The maximum Gasteiger partial charge on any atom is 0.170 e. The number of halogens is 2. The van der Waals surface area contributed by atoms with Crippen LogP contribution in [0.3, 0.4) is 0 Å². The van der Waals surface area contributed by atoms with Gasteiger partial charge in [-0.15, -0.1) is 5.10 Å². The van der Waals surface area contributed by atoms with E-state index in [1.807, 2.05) is 20.8 Å². The van der Waals surface area contributed by atoms with Gasteiger partial charge in [0, 0.05) is 11.5 Å².